The van der Waals surface area contributed by atoms with Gasteiger partial charge in [-0.05, 0) is 31.9 Å². The smallest absolute Gasteiger partial charge is 0.232 e. The maximum absolute atomic E-state index is 12.6. The lowest BCUT2D eigenvalue weighted by Crippen LogP contribution is -2.45. The molecule has 3 rings (SSSR count). The van der Waals surface area contributed by atoms with Crippen molar-refractivity contribution in [2.24, 2.45) is 5.92 Å². The normalized spacial score (nSPS) is 19.7. The average molecular weight is 421 g/mol. The molecule has 1 aromatic rings. The second-order valence-electron chi connectivity index (χ2n) is 7.32. The maximum Gasteiger partial charge on any atom is 0.232 e. The second-order valence-corrected chi connectivity index (χ2v) is 8.30. The predicted molar refractivity (Wildman–Crippen MR) is 112 cm³/mol. The van der Waals surface area contributed by atoms with Crippen LogP contribution in [0.3, 0.4) is 0 Å². The zero-order valence-electron chi connectivity index (χ0n) is 16.8. The molecular formula is C20H28N4O4S. The molecule has 0 bridgehead atoms. The lowest BCUT2D eigenvalue weighted by Gasteiger charge is -2.32. The van der Waals surface area contributed by atoms with Crippen molar-refractivity contribution in [2.45, 2.75) is 19.8 Å². The molecule has 8 nitrogen and oxygen atoms in total. The van der Waals surface area contributed by atoms with E-state index in [9.17, 15) is 14.4 Å². The van der Waals surface area contributed by atoms with Gasteiger partial charge in [0.15, 0.2) is 0 Å². The van der Waals surface area contributed by atoms with Gasteiger partial charge in [-0.3, -0.25) is 14.4 Å². The van der Waals surface area contributed by atoms with Gasteiger partial charge in [0.1, 0.15) is 5.82 Å². The van der Waals surface area contributed by atoms with Crippen LogP contribution in [0, 0.1) is 12.8 Å². The highest BCUT2D eigenvalue weighted by Gasteiger charge is 2.28. The van der Waals surface area contributed by atoms with Crippen molar-refractivity contribution >= 4 is 35.3 Å². The number of aryl methyl sites for hydroxylation is 1. The highest BCUT2D eigenvalue weighted by Crippen LogP contribution is 2.19. The zero-order chi connectivity index (χ0) is 20.6. The summed E-state index contributed by atoms with van der Waals surface area (Å²) in [5.74, 6) is 0.775. The molecule has 0 aromatic carbocycles. The predicted octanol–water partition coefficient (Wildman–Crippen LogP) is 1.16. The summed E-state index contributed by atoms with van der Waals surface area (Å²) >= 11 is 1.34. The van der Waals surface area contributed by atoms with Gasteiger partial charge in [-0.25, -0.2) is 4.98 Å². The summed E-state index contributed by atoms with van der Waals surface area (Å²) in [7, 11) is 0. The molecule has 3 amide bonds. The fourth-order valence-corrected chi connectivity index (χ4v) is 4.30. The van der Waals surface area contributed by atoms with E-state index in [1.807, 2.05) is 19.1 Å². The third-order valence-electron chi connectivity index (χ3n) is 5.10. The number of ether oxygens (including phenoxy) is 1. The van der Waals surface area contributed by atoms with E-state index >= 15 is 0 Å². The standard InChI is InChI=1S/C20H28N4O4S/c1-15-4-2-6-17(21-15)22-20(27)16-5-3-7-24(12-16)19(26)14-29-13-18(25)23-8-10-28-11-9-23/h2,4,6,16H,3,5,7-14H2,1H3,(H,21,22,27). The molecule has 9 heteroatoms. The largest absolute Gasteiger partial charge is 0.378 e. The highest BCUT2D eigenvalue weighted by molar-refractivity contribution is 8.00. The van der Waals surface area contributed by atoms with E-state index in [2.05, 4.69) is 10.3 Å². The van der Waals surface area contributed by atoms with Crippen LogP contribution < -0.4 is 5.32 Å². The first-order chi connectivity index (χ1) is 14.0. The molecule has 158 valence electrons. The third-order valence-corrected chi connectivity index (χ3v) is 6.00. The first kappa shape index (κ1) is 21.6. The van der Waals surface area contributed by atoms with Crippen molar-refractivity contribution in [3.05, 3.63) is 23.9 Å². The molecule has 1 atom stereocenters. The van der Waals surface area contributed by atoms with Crippen molar-refractivity contribution in [1.82, 2.24) is 14.8 Å². The van der Waals surface area contributed by atoms with E-state index in [0.717, 1.165) is 18.5 Å². The molecule has 2 aliphatic rings. The Morgan fingerprint density at radius 2 is 1.86 bits per heavy atom. The molecule has 0 aliphatic carbocycles. The van der Waals surface area contributed by atoms with Crippen molar-refractivity contribution in [3.8, 4) is 0 Å². The molecule has 0 saturated carbocycles. The van der Waals surface area contributed by atoms with Gasteiger partial charge < -0.3 is 19.9 Å². The van der Waals surface area contributed by atoms with E-state index in [1.54, 1.807) is 15.9 Å². The molecule has 1 aromatic heterocycles. The Labute approximate surface area is 175 Å². The van der Waals surface area contributed by atoms with Crippen LogP contribution in [0.1, 0.15) is 18.5 Å². The summed E-state index contributed by atoms with van der Waals surface area (Å²) in [5, 5.41) is 2.85. The first-order valence-corrected chi connectivity index (χ1v) is 11.1. The molecule has 29 heavy (non-hydrogen) atoms. The van der Waals surface area contributed by atoms with Crippen LogP contribution in [0.2, 0.25) is 0 Å². The molecule has 1 unspecified atom stereocenters. The highest BCUT2D eigenvalue weighted by atomic mass is 32.2. The van der Waals surface area contributed by atoms with E-state index in [4.69, 9.17) is 4.74 Å². The number of hydrogen-bond donors (Lipinski definition) is 1. The number of anilines is 1. The molecule has 2 fully saturated rings. The van der Waals surface area contributed by atoms with Crippen LogP contribution in [0.25, 0.3) is 0 Å². The third kappa shape index (κ3) is 6.43. The number of morpholine rings is 1. The van der Waals surface area contributed by atoms with Gasteiger partial charge in [0.25, 0.3) is 0 Å². The number of thioether (sulfide) groups is 1. The number of aromatic nitrogens is 1. The van der Waals surface area contributed by atoms with E-state index in [-0.39, 0.29) is 29.4 Å². The van der Waals surface area contributed by atoms with Gasteiger partial charge in [-0.1, -0.05) is 6.07 Å². The van der Waals surface area contributed by atoms with Crippen molar-refractivity contribution in [2.75, 3.05) is 56.2 Å². The number of carbonyl (C=O) groups excluding carboxylic acids is 3. The number of carbonyl (C=O) groups is 3. The number of nitrogens with zero attached hydrogens (tertiary/aromatic N) is 3. The molecule has 0 radical (unpaired) electrons. The Morgan fingerprint density at radius 1 is 1.14 bits per heavy atom. The minimum atomic E-state index is -0.241. The van der Waals surface area contributed by atoms with Crippen LogP contribution >= 0.6 is 11.8 Å². The number of piperidine rings is 1. The Morgan fingerprint density at radius 3 is 2.59 bits per heavy atom. The number of pyridine rings is 1. The Bertz CT molecular complexity index is 739. The fourth-order valence-electron chi connectivity index (χ4n) is 3.48. The van der Waals surface area contributed by atoms with Crippen molar-refractivity contribution in [1.29, 1.82) is 0 Å². The summed E-state index contributed by atoms with van der Waals surface area (Å²) in [6.07, 6.45) is 1.55. The first-order valence-electron chi connectivity index (χ1n) is 9.98. The summed E-state index contributed by atoms with van der Waals surface area (Å²) in [6.45, 7) is 5.32. The van der Waals surface area contributed by atoms with Crippen LogP contribution in [-0.2, 0) is 19.1 Å². The lowest BCUT2D eigenvalue weighted by molar-refractivity contribution is -0.132. The quantitative estimate of drug-likeness (QED) is 0.743. The van der Waals surface area contributed by atoms with Crippen molar-refractivity contribution < 1.29 is 19.1 Å². The van der Waals surface area contributed by atoms with Crippen LogP contribution in [-0.4, -0.2) is 83.4 Å². The molecule has 2 saturated heterocycles. The molecule has 1 N–H and O–H groups in total. The lowest BCUT2D eigenvalue weighted by atomic mass is 9.97. The van der Waals surface area contributed by atoms with Gasteiger partial charge in [-0.15, -0.1) is 11.8 Å². The number of hydrogen-bond acceptors (Lipinski definition) is 6. The number of nitrogens with one attached hydrogen (secondary N) is 1. The van der Waals surface area contributed by atoms with Crippen LogP contribution in [0.5, 0.6) is 0 Å². The van der Waals surface area contributed by atoms with E-state index in [1.165, 1.54) is 11.8 Å². The zero-order valence-corrected chi connectivity index (χ0v) is 17.6. The van der Waals surface area contributed by atoms with Crippen molar-refractivity contribution in [3.63, 3.8) is 0 Å². The topological polar surface area (TPSA) is 91.8 Å². The Balaban J connectivity index is 1.42. The van der Waals surface area contributed by atoms with Gasteiger partial charge in [-0.2, -0.15) is 0 Å². The van der Waals surface area contributed by atoms with Gasteiger partial charge in [0.2, 0.25) is 17.7 Å². The minimum absolute atomic E-state index is 0.0176. The second kappa shape index (κ2) is 10.6. The summed E-state index contributed by atoms with van der Waals surface area (Å²) in [4.78, 5) is 45.1. The molecular weight excluding hydrogens is 392 g/mol. The fraction of sp³-hybridized carbons (Fsp3) is 0.600. The van der Waals surface area contributed by atoms with E-state index < -0.39 is 0 Å². The Kier molecular flexibility index (Phi) is 7.88. The average Bonchev–Trinajstić information content (AvgIpc) is 2.74. The summed E-state index contributed by atoms with van der Waals surface area (Å²) in [5.41, 5.74) is 0.840. The summed E-state index contributed by atoms with van der Waals surface area (Å²) in [6, 6.07) is 5.49. The maximum atomic E-state index is 12.6. The van der Waals surface area contributed by atoms with Crippen LogP contribution in [0.4, 0.5) is 5.82 Å². The van der Waals surface area contributed by atoms with Crippen LogP contribution in [0.15, 0.2) is 18.2 Å². The number of rotatable bonds is 6. The van der Waals surface area contributed by atoms with E-state index in [0.29, 0.717) is 51.0 Å². The molecule has 2 aliphatic heterocycles. The molecule has 3 heterocycles. The van der Waals surface area contributed by atoms with Gasteiger partial charge in [0.05, 0.1) is 30.6 Å². The summed E-state index contributed by atoms with van der Waals surface area (Å²) < 4.78 is 5.25. The Hall–Kier alpha value is -2.13. The monoisotopic (exact) mass is 420 g/mol. The number of likely N-dealkylation sites (tertiary alicyclic amines) is 1. The van der Waals surface area contributed by atoms with Gasteiger partial charge >= 0.3 is 0 Å². The SMILES string of the molecule is Cc1cccc(NC(=O)C2CCCN(C(=O)CSCC(=O)N3CCOCC3)C2)n1. The van der Waals surface area contributed by atoms with Gasteiger partial charge in [0, 0.05) is 31.9 Å². The minimum Gasteiger partial charge on any atom is -0.378 e. The number of amides is 3. The molecule has 0 spiro atoms.